The van der Waals surface area contributed by atoms with Gasteiger partial charge in [0, 0.05) is 24.6 Å². The van der Waals surface area contributed by atoms with Crippen molar-refractivity contribution in [1.82, 2.24) is 0 Å². The Morgan fingerprint density at radius 1 is 1.33 bits per heavy atom. The summed E-state index contributed by atoms with van der Waals surface area (Å²) < 4.78 is 34.1. The van der Waals surface area contributed by atoms with E-state index in [4.69, 9.17) is 0 Å². The van der Waals surface area contributed by atoms with Crippen molar-refractivity contribution >= 4 is 21.8 Å². The van der Waals surface area contributed by atoms with E-state index in [1.54, 1.807) is 0 Å². The zero-order chi connectivity index (χ0) is 15.6. The van der Waals surface area contributed by atoms with E-state index < -0.39 is 21.9 Å². The first-order chi connectivity index (χ1) is 9.80. The molecule has 6 heteroatoms. The summed E-state index contributed by atoms with van der Waals surface area (Å²) in [4.78, 5) is 13.5. The van der Waals surface area contributed by atoms with E-state index >= 15 is 0 Å². The third-order valence-corrected chi connectivity index (χ3v) is 4.90. The fraction of sp³-hybridized carbons (Fsp3) is 0.533. The lowest BCUT2D eigenvalue weighted by atomic mass is 9.98. The highest BCUT2D eigenvalue weighted by atomic mass is 32.3. The van der Waals surface area contributed by atoms with Crippen LogP contribution in [0.1, 0.15) is 38.2 Å². The molecule has 1 fully saturated rings. The van der Waals surface area contributed by atoms with Crippen LogP contribution >= 0.6 is 0 Å². The Bertz CT molecular complexity index is 612. The molecule has 1 aromatic rings. The number of hydrogen-bond acceptors (Lipinski definition) is 3. The first-order valence-electron chi connectivity index (χ1n) is 7.12. The molecular weight excluding hydrogens is 293 g/mol. The van der Waals surface area contributed by atoms with Gasteiger partial charge in [-0.1, -0.05) is 26.0 Å². The smallest absolute Gasteiger partial charge is 0.302 e. The van der Waals surface area contributed by atoms with Gasteiger partial charge >= 0.3 is 10.2 Å². The van der Waals surface area contributed by atoms with E-state index in [0.717, 1.165) is 12.1 Å². The number of anilines is 1. The molecule has 1 aromatic carbocycles. The molecule has 2 atom stereocenters. The Morgan fingerprint density at radius 3 is 2.48 bits per heavy atom. The summed E-state index contributed by atoms with van der Waals surface area (Å²) in [7, 11) is -4.54. The van der Waals surface area contributed by atoms with Gasteiger partial charge in [-0.05, 0) is 30.0 Å². The van der Waals surface area contributed by atoms with Crippen molar-refractivity contribution in [3.8, 4) is 0 Å². The SMILES string of the molecule is CCC(C)c1ccc(N2CC(CS(=O)(=O)F)CC2=O)cc1. The number of nitrogens with zero attached hydrogens (tertiary/aromatic N) is 1. The molecule has 1 aliphatic rings. The predicted octanol–water partition coefficient (Wildman–Crippen LogP) is 2.85. The molecule has 1 aliphatic heterocycles. The maximum Gasteiger partial charge on any atom is 0.302 e. The number of carbonyl (C=O) groups is 1. The third kappa shape index (κ3) is 4.03. The molecule has 0 spiro atoms. The molecule has 116 valence electrons. The second kappa shape index (κ2) is 6.13. The van der Waals surface area contributed by atoms with E-state index in [0.29, 0.717) is 5.92 Å². The van der Waals surface area contributed by atoms with Crippen LogP contribution in [-0.2, 0) is 15.0 Å². The average molecular weight is 313 g/mol. The lowest BCUT2D eigenvalue weighted by Gasteiger charge is -2.18. The van der Waals surface area contributed by atoms with Crippen LogP contribution in [0.3, 0.4) is 0 Å². The van der Waals surface area contributed by atoms with Gasteiger partial charge in [-0.3, -0.25) is 4.79 Å². The third-order valence-electron chi connectivity index (χ3n) is 4.03. The van der Waals surface area contributed by atoms with Crippen molar-refractivity contribution in [1.29, 1.82) is 0 Å². The summed E-state index contributed by atoms with van der Waals surface area (Å²) in [6.07, 6.45) is 1.12. The van der Waals surface area contributed by atoms with Crippen molar-refractivity contribution < 1.29 is 17.1 Å². The molecule has 21 heavy (non-hydrogen) atoms. The van der Waals surface area contributed by atoms with Crippen LogP contribution in [0.15, 0.2) is 24.3 Å². The van der Waals surface area contributed by atoms with Gasteiger partial charge in [0.05, 0.1) is 5.75 Å². The molecule has 1 heterocycles. The van der Waals surface area contributed by atoms with Crippen LogP contribution in [0.5, 0.6) is 0 Å². The van der Waals surface area contributed by atoms with Crippen molar-refractivity contribution in [3.05, 3.63) is 29.8 Å². The first kappa shape index (κ1) is 15.9. The van der Waals surface area contributed by atoms with Gasteiger partial charge in [0.15, 0.2) is 0 Å². The van der Waals surface area contributed by atoms with Gasteiger partial charge in [0.1, 0.15) is 0 Å². The van der Waals surface area contributed by atoms with Crippen LogP contribution in [0.25, 0.3) is 0 Å². The summed E-state index contributed by atoms with van der Waals surface area (Å²) in [5.41, 5.74) is 1.95. The molecule has 0 N–H and O–H groups in total. The van der Waals surface area contributed by atoms with Crippen molar-refractivity contribution in [2.75, 3.05) is 17.2 Å². The molecule has 0 aromatic heterocycles. The van der Waals surface area contributed by atoms with Gasteiger partial charge in [-0.2, -0.15) is 8.42 Å². The zero-order valence-corrected chi connectivity index (χ0v) is 13.1. The summed E-state index contributed by atoms with van der Waals surface area (Å²) in [6.45, 7) is 4.51. The van der Waals surface area contributed by atoms with Gasteiger partial charge in [-0.15, -0.1) is 3.89 Å². The van der Waals surface area contributed by atoms with E-state index in [1.807, 2.05) is 24.3 Å². The maximum absolute atomic E-state index is 12.7. The number of rotatable bonds is 5. The highest BCUT2D eigenvalue weighted by Crippen LogP contribution is 2.28. The Kier molecular flexibility index (Phi) is 4.66. The maximum atomic E-state index is 12.7. The zero-order valence-electron chi connectivity index (χ0n) is 12.3. The average Bonchev–Trinajstić information content (AvgIpc) is 2.76. The second-order valence-corrected chi connectivity index (χ2v) is 7.09. The number of halogens is 1. The number of benzene rings is 1. The molecule has 0 bridgehead atoms. The summed E-state index contributed by atoms with van der Waals surface area (Å²) >= 11 is 0. The van der Waals surface area contributed by atoms with Gasteiger partial charge in [0.2, 0.25) is 5.91 Å². The normalized spacial score (nSPS) is 20.8. The van der Waals surface area contributed by atoms with E-state index in [9.17, 15) is 17.1 Å². The van der Waals surface area contributed by atoms with Crippen molar-refractivity contribution in [2.45, 2.75) is 32.6 Å². The van der Waals surface area contributed by atoms with E-state index in [-0.39, 0.29) is 18.9 Å². The largest absolute Gasteiger partial charge is 0.312 e. The predicted molar refractivity (Wildman–Crippen MR) is 80.5 cm³/mol. The molecule has 2 unspecified atom stereocenters. The lowest BCUT2D eigenvalue weighted by molar-refractivity contribution is -0.117. The minimum Gasteiger partial charge on any atom is -0.312 e. The Morgan fingerprint density at radius 2 is 1.95 bits per heavy atom. The van der Waals surface area contributed by atoms with E-state index in [1.165, 1.54) is 10.5 Å². The minimum absolute atomic E-state index is 0.0796. The fourth-order valence-corrected chi connectivity index (χ4v) is 3.43. The van der Waals surface area contributed by atoms with Crippen LogP contribution in [0.2, 0.25) is 0 Å². The first-order valence-corrected chi connectivity index (χ1v) is 8.68. The van der Waals surface area contributed by atoms with Crippen LogP contribution < -0.4 is 4.90 Å². The Balaban J connectivity index is 2.10. The molecule has 1 amide bonds. The second-order valence-electron chi connectivity index (χ2n) is 5.68. The number of carbonyl (C=O) groups excluding carboxylic acids is 1. The topological polar surface area (TPSA) is 54.5 Å². The van der Waals surface area contributed by atoms with Gasteiger partial charge in [0.25, 0.3) is 0 Å². The van der Waals surface area contributed by atoms with Crippen LogP contribution in [-0.4, -0.2) is 26.6 Å². The summed E-state index contributed by atoms with van der Waals surface area (Å²) in [5.74, 6) is -0.750. The van der Waals surface area contributed by atoms with Crippen molar-refractivity contribution in [3.63, 3.8) is 0 Å². The molecule has 0 radical (unpaired) electrons. The van der Waals surface area contributed by atoms with Gasteiger partial charge in [-0.25, -0.2) is 0 Å². The molecular formula is C15H20FNO3S. The van der Waals surface area contributed by atoms with Crippen LogP contribution in [0.4, 0.5) is 9.57 Å². The monoisotopic (exact) mass is 313 g/mol. The minimum atomic E-state index is -4.54. The number of amides is 1. The van der Waals surface area contributed by atoms with E-state index in [2.05, 4.69) is 13.8 Å². The molecule has 4 nitrogen and oxygen atoms in total. The molecule has 0 aliphatic carbocycles. The van der Waals surface area contributed by atoms with Crippen LogP contribution in [0, 0.1) is 5.92 Å². The number of hydrogen-bond donors (Lipinski definition) is 0. The molecule has 0 saturated carbocycles. The summed E-state index contributed by atoms with van der Waals surface area (Å²) in [6, 6.07) is 7.70. The fourth-order valence-electron chi connectivity index (χ4n) is 2.64. The quantitative estimate of drug-likeness (QED) is 0.785. The highest BCUT2D eigenvalue weighted by molar-refractivity contribution is 7.86. The van der Waals surface area contributed by atoms with Gasteiger partial charge < -0.3 is 4.90 Å². The summed E-state index contributed by atoms with van der Waals surface area (Å²) in [5, 5.41) is 0. The lowest BCUT2D eigenvalue weighted by Crippen LogP contribution is -2.25. The molecule has 1 saturated heterocycles. The Labute approximate surface area is 125 Å². The standard InChI is InChI=1S/C15H20FNO3S/c1-3-11(2)13-4-6-14(7-5-13)17-9-12(8-15(17)18)10-21(16,19)20/h4-7,11-12H,3,8-10H2,1-2H3. The van der Waals surface area contributed by atoms with Crippen molar-refractivity contribution in [2.24, 2.45) is 5.92 Å². The molecule has 2 rings (SSSR count). The Hall–Kier alpha value is -1.43. The highest BCUT2D eigenvalue weighted by Gasteiger charge is 2.33.